The Morgan fingerprint density at radius 1 is 1.35 bits per heavy atom. The Labute approximate surface area is 126 Å². The molecule has 0 radical (unpaired) electrons. The quantitative estimate of drug-likeness (QED) is 0.687. The van der Waals surface area contributed by atoms with E-state index < -0.39 is 10.0 Å². The molecule has 1 aromatic heterocycles. The lowest BCUT2D eigenvalue weighted by atomic mass is 10.1. The van der Waals surface area contributed by atoms with E-state index in [2.05, 4.69) is 11.6 Å². The molecule has 1 atom stereocenters. The Hall–Kier alpha value is -0.430. The first-order chi connectivity index (χ1) is 9.40. The van der Waals surface area contributed by atoms with Crippen LogP contribution in [0.25, 0.3) is 0 Å². The number of hydrogen-bond donors (Lipinski definition) is 2. The van der Waals surface area contributed by atoms with Gasteiger partial charge in [-0.25, -0.2) is 13.1 Å². The van der Waals surface area contributed by atoms with Crippen LogP contribution >= 0.6 is 11.3 Å². The highest BCUT2D eigenvalue weighted by Gasteiger charge is 2.20. The summed E-state index contributed by atoms with van der Waals surface area (Å²) < 4.78 is 27.7. The van der Waals surface area contributed by atoms with Crippen LogP contribution in [0, 0.1) is 6.92 Å². The van der Waals surface area contributed by atoms with Crippen molar-refractivity contribution in [3.8, 4) is 0 Å². The second-order valence-electron chi connectivity index (χ2n) is 5.25. The van der Waals surface area contributed by atoms with Gasteiger partial charge in [0.2, 0.25) is 10.0 Å². The first-order valence-corrected chi connectivity index (χ1v) is 9.52. The van der Waals surface area contributed by atoms with Crippen molar-refractivity contribution in [2.24, 2.45) is 5.73 Å². The summed E-state index contributed by atoms with van der Waals surface area (Å²) in [5, 5.41) is 0. The summed E-state index contributed by atoms with van der Waals surface area (Å²) in [5.74, 6) is 0. The van der Waals surface area contributed by atoms with E-state index in [4.69, 9.17) is 5.73 Å². The molecule has 1 rings (SSSR count). The van der Waals surface area contributed by atoms with Crippen molar-refractivity contribution in [3.05, 3.63) is 16.5 Å². The van der Waals surface area contributed by atoms with Crippen LogP contribution in [0.1, 0.15) is 56.4 Å². The first-order valence-electron chi connectivity index (χ1n) is 7.22. The van der Waals surface area contributed by atoms with Gasteiger partial charge in [-0.3, -0.25) is 0 Å². The Balaban J connectivity index is 2.60. The number of hydrogen-bond acceptors (Lipinski definition) is 4. The molecule has 20 heavy (non-hydrogen) atoms. The summed E-state index contributed by atoms with van der Waals surface area (Å²) in [6.07, 6.45) is 5.51. The number of aryl methyl sites for hydroxylation is 1. The fourth-order valence-corrected chi connectivity index (χ4v) is 4.85. The van der Waals surface area contributed by atoms with Gasteiger partial charge >= 0.3 is 0 Å². The van der Waals surface area contributed by atoms with Gasteiger partial charge in [-0.1, -0.05) is 32.6 Å². The normalized spacial score (nSPS) is 13.6. The van der Waals surface area contributed by atoms with E-state index >= 15 is 0 Å². The largest absolute Gasteiger partial charge is 0.326 e. The van der Waals surface area contributed by atoms with Crippen molar-refractivity contribution in [2.45, 2.75) is 69.7 Å². The zero-order chi connectivity index (χ0) is 15.2. The number of nitrogens with two attached hydrogens (primary N) is 1. The van der Waals surface area contributed by atoms with Crippen LogP contribution in [-0.2, 0) is 16.6 Å². The molecule has 0 aliphatic heterocycles. The molecule has 1 aromatic rings. The third-order valence-corrected chi connectivity index (χ3v) is 6.62. The van der Waals surface area contributed by atoms with Crippen LogP contribution in [0.3, 0.4) is 0 Å². The summed E-state index contributed by atoms with van der Waals surface area (Å²) in [6, 6.07) is 1.68. The molecule has 6 heteroatoms. The van der Waals surface area contributed by atoms with E-state index in [0.29, 0.717) is 10.8 Å². The molecule has 116 valence electrons. The highest BCUT2D eigenvalue weighted by atomic mass is 32.2. The highest BCUT2D eigenvalue weighted by molar-refractivity contribution is 7.91. The van der Waals surface area contributed by atoms with E-state index in [1.807, 2.05) is 13.8 Å². The van der Waals surface area contributed by atoms with Crippen LogP contribution in [0.5, 0.6) is 0 Å². The van der Waals surface area contributed by atoms with Gasteiger partial charge in [-0.15, -0.1) is 11.3 Å². The Bertz CT molecular complexity index is 509. The van der Waals surface area contributed by atoms with Crippen molar-refractivity contribution in [1.82, 2.24) is 4.72 Å². The number of rotatable bonds is 9. The SMILES string of the molecule is CCCCCCC(C)NS(=O)(=O)c1cc(C)c(CN)s1. The number of thiophene rings is 1. The van der Waals surface area contributed by atoms with Crippen molar-refractivity contribution in [3.63, 3.8) is 0 Å². The third-order valence-electron chi connectivity index (χ3n) is 3.30. The van der Waals surface area contributed by atoms with Crippen LogP contribution in [0.2, 0.25) is 0 Å². The van der Waals surface area contributed by atoms with Crippen LogP contribution in [0.15, 0.2) is 10.3 Å². The molecule has 4 nitrogen and oxygen atoms in total. The average molecular weight is 319 g/mol. The number of nitrogens with one attached hydrogen (secondary N) is 1. The molecule has 0 saturated heterocycles. The predicted molar refractivity (Wildman–Crippen MR) is 85.5 cm³/mol. The first kappa shape index (κ1) is 17.6. The van der Waals surface area contributed by atoms with Crippen LogP contribution in [0.4, 0.5) is 0 Å². The van der Waals surface area contributed by atoms with Gasteiger partial charge in [-0.05, 0) is 31.9 Å². The fraction of sp³-hybridized carbons (Fsp3) is 0.714. The Morgan fingerprint density at radius 3 is 2.60 bits per heavy atom. The number of unbranched alkanes of at least 4 members (excludes halogenated alkanes) is 3. The summed E-state index contributed by atoms with van der Waals surface area (Å²) in [5.41, 5.74) is 6.55. The predicted octanol–water partition coefficient (Wildman–Crippen LogP) is 3.15. The molecule has 0 bridgehead atoms. The van der Waals surface area contributed by atoms with Gasteiger partial charge in [-0.2, -0.15) is 0 Å². The molecule has 0 spiro atoms. The summed E-state index contributed by atoms with van der Waals surface area (Å²) >= 11 is 1.26. The summed E-state index contributed by atoms with van der Waals surface area (Å²) in [7, 11) is -3.40. The van der Waals surface area contributed by atoms with E-state index in [9.17, 15) is 8.42 Å². The van der Waals surface area contributed by atoms with Crippen molar-refractivity contribution in [1.29, 1.82) is 0 Å². The molecular weight excluding hydrogens is 292 g/mol. The minimum atomic E-state index is -3.40. The lowest BCUT2D eigenvalue weighted by Crippen LogP contribution is -2.32. The minimum absolute atomic E-state index is 0.0272. The molecule has 1 heterocycles. The van der Waals surface area contributed by atoms with Crippen molar-refractivity contribution in [2.75, 3.05) is 0 Å². The molecule has 0 aliphatic rings. The van der Waals surface area contributed by atoms with Gasteiger partial charge in [0.15, 0.2) is 0 Å². The topological polar surface area (TPSA) is 72.2 Å². The van der Waals surface area contributed by atoms with Gasteiger partial charge in [0.25, 0.3) is 0 Å². The second-order valence-corrected chi connectivity index (χ2v) is 8.32. The molecule has 1 unspecified atom stereocenters. The van der Waals surface area contributed by atoms with Crippen LogP contribution in [-0.4, -0.2) is 14.5 Å². The zero-order valence-electron chi connectivity index (χ0n) is 12.6. The highest BCUT2D eigenvalue weighted by Crippen LogP contribution is 2.25. The van der Waals surface area contributed by atoms with E-state index in [1.54, 1.807) is 6.07 Å². The Kier molecular flexibility index (Phi) is 7.15. The van der Waals surface area contributed by atoms with Crippen molar-refractivity contribution >= 4 is 21.4 Å². The maximum absolute atomic E-state index is 12.3. The maximum Gasteiger partial charge on any atom is 0.250 e. The van der Waals surface area contributed by atoms with E-state index in [0.717, 1.165) is 29.7 Å². The second kappa shape index (κ2) is 8.12. The van der Waals surface area contributed by atoms with Crippen LogP contribution < -0.4 is 10.5 Å². The van der Waals surface area contributed by atoms with Gasteiger partial charge in [0.1, 0.15) is 4.21 Å². The molecular formula is C14H26N2O2S2. The smallest absolute Gasteiger partial charge is 0.250 e. The monoisotopic (exact) mass is 318 g/mol. The molecule has 0 aromatic carbocycles. The molecule has 0 aliphatic carbocycles. The van der Waals surface area contributed by atoms with Crippen molar-refractivity contribution < 1.29 is 8.42 Å². The average Bonchev–Trinajstić information content (AvgIpc) is 2.76. The van der Waals surface area contributed by atoms with Gasteiger partial charge in [0.05, 0.1) is 0 Å². The fourth-order valence-electron chi connectivity index (χ4n) is 2.08. The molecule has 3 N–H and O–H groups in total. The summed E-state index contributed by atoms with van der Waals surface area (Å²) in [4.78, 5) is 0.931. The molecule has 0 amide bonds. The summed E-state index contributed by atoms with van der Waals surface area (Å²) in [6.45, 7) is 6.37. The van der Waals surface area contributed by atoms with E-state index in [-0.39, 0.29) is 6.04 Å². The van der Waals surface area contributed by atoms with Gasteiger partial charge < -0.3 is 5.73 Å². The molecule has 0 saturated carbocycles. The third kappa shape index (κ3) is 5.16. The lowest BCUT2D eigenvalue weighted by Gasteiger charge is -2.13. The van der Waals surface area contributed by atoms with Gasteiger partial charge in [0, 0.05) is 17.5 Å². The lowest BCUT2D eigenvalue weighted by molar-refractivity contribution is 0.523. The molecule has 0 fully saturated rings. The standard InChI is InChI=1S/C14H26N2O2S2/c1-4-5-6-7-8-12(3)16-20(17,18)14-9-11(2)13(10-15)19-14/h9,12,16H,4-8,10,15H2,1-3H3. The maximum atomic E-state index is 12.3. The number of sulfonamides is 1. The van der Waals surface area contributed by atoms with E-state index in [1.165, 1.54) is 24.2 Å². The Morgan fingerprint density at radius 2 is 2.05 bits per heavy atom. The minimum Gasteiger partial charge on any atom is -0.326 e. The zero-order valence-corrected chi connectivity index (χ0v) is 14.2.